The summed E-state index contributed by atoms with van der Waals surface area (Å²) < 4.78 is 6.73. The van der Waals surface area contributed by atoms with E-state index in [-0.39, 0.29) is 18.8 Å². The van der Waals surface area contributed by atoms with Crippen LogP contribution in [0.2, 0.25) is 0 Å². The first-order valence-electron chi connectivity index (χ1n) is 4.94. The van der Waals surface area contributed by atoms with E-state index in [1.54, 1.807) is 4.68 Å². The largest absolute Gasteiger partial charge is 0.372 e. The van der Waals surface area contributed by atoms with Gasteiger partial charge in [0, 0.05) is 13.1 Å². The standard InChI is InChI=1S/C9H16N4O2/c1-2-13-9(11-7-12-13)5-8(14)6-15-4-3-10/h7H,2-6,10H2,1H3. The van der Waals surface area contributed by atoms with Gasteiger partial charge in [0.1, 0.15) is 18.8 Å². The van der Waals surface area contributed by atoms with Gasteiger partial charge < -0.3 is 10.5 Å². The van der Waals surface area contributed by atoms with E-state index in [2.05, 4.69) is 10.1 Å². The van der Waals surface area contributed by atoms with E-state index in [4.69, 9.17) is 10.5 Å². The molecule has 2 N–H and O–H groups in total. The first kappa shape index (κ1) is 11.8. The Morgan fingerprint density at radius 3 is 3.13 bits per heavy atom. The molecule has 0 unspecified atom stereocenters. The Morgan fingerprint density at radius 1 is 1.67 bits per heavy atom. The fourth-order valence-corrected chi connectivity index (χ4v) is 1.19. The maximum absolute atomic E-state index is 11.4. The fraction of sp³-hybridized carbons (Fsp3) is 0.667. The molecule has 0 aliphatic rings. The Balaban J connectivity index is 2.37. The molecule has 0 aliphatic carbocycles. The molecule has 0 radical (unpaired) electrons. The summed E-state index contributed by atoms with van der Waals surface area (Å²) in [6.07, 6.45) is 1.71. The second-order valence-corrected chi connectivity index (χ2v) is 3.05. The molecule has 0 fully saturated rings. The molecule has 84 valence electrons. The Morgan fingerprint density at radius 2 is 2.47 bits per heavy atom. The van der Waals surface area contributed by atoms with Crippen LogP contribution in [0.1, 0.15) is 12.7 Å². The highest BCUT2D eigenvalue weighted by molar-refractivity contribution is 5.81. The minimum atomic E-state index is -0.00819. The summed E-state index contributed by atoms with van der Waals surface area (Å²) >= 11 is 0. The number of nitrogens with two attached hydrogens (primary N) is 1. The second kappa shape index (κ2) is 6.26. The second-order valence-electron chi connectivity index (χ2n) is 3.05. The molecular formula is C9H16N4O2. The summed E-state index contributed by atoms with van der Waals surface area (Å²) in [5.74, 6) is 0.671. The van der Waals surface area contributed by atoms with E-state index in [1.165, 1.54) is 6.33 Å². The molecule has 1 heterocycles. The van der Waals surface area contributed by atoms with E-state index in [0.29, 0.717) is 25.5 Å². The third kappa shape index (κ3) is 3.77. The summed E-state index contributed by atoms with van der Waals surface area (Å²) in [4.78, 5) is 15.4. The molecule has 0 saturated heterocycles. The van der Waals surface area contributed by atoms with Gasteiger partial charge in [0.25, 0.3) is 0 Å². The van der Waals surface area contributed by atoms with Crippen LogP contribution in [0.3, 0.4) is 0 Å². The monoisotopic (exact) mass is 212 g/mol. The molecule has 1 aromatic rings. The summed E-state index contributed by atoms with van der Waals surface area (Å²) in [7, 11) is 0. The van der Waals surface area contributed by atoms with Crippen molar-refractivity contribution < 1.29 is 9.53 Å². The van der Waals surface area contributed by atoms with Crippen molar-refractivity contribution >= 4 is 5.78 Å². The average molecular weight is 212 g/mol. The normalized spacial score (nSPS) is 10.5. The Bertz CT molecular complexity index is 311. The van der Waals surface area contributed by atoms with Crippen LogP contribution in [0.4, 0.5) is 0 Å². The number of carbonyl (C=O) groups is 1. The number of aryl methyl sites for hydroxylation is 1. The number of nitrogens with zero attached hydrogens (tertiary/aromatic N) is 3. The smallest absolute Gasteiger partial charge is 0.166 e. The van der Waals surface area contributed by atoms with E-state index in [0.717, 1.165) is 0 Å². The van der Waals surface area contributed by atoms with Gasteiger partial charge in [-0.3, -0.25) is 4.79 Å². The highest BCUT2D eigenvalue weighted by Crippen LogP contribution is 1.96. The lowest BCUT2D eigenvalue weighted by molar-refractivity contribution is -0.122. The van der Waals surface area contributed by atoms with Crippen LogP contribution in [0.25, 0.3) is 0 Å². The molecule has 1 rings (SSSR count). The molecule has 0 aliphatic heterocycles. The molecule has 0 saturated carbocycles. The van der Waals surface area contributed by atoms with Crippen molar-refractivity contribution in [1.29, 1.82) is 0 Å². The van der Waals surface area contributed by atoms with Crippen molar-refractivity contribution in [2.75, 3.05) is 19.8 Å². The van der Waals surface area contributed by atoms with Gasteiger partial charge >= 0.3 is 0 Å². The number of hydrogen-bond donors (Lipinski definition) is 1. The van der Waals surface area contributed by atoms with E-state index >= 15 is 0 Å². The minimum Gasteiger partial charge on any atom is -0.372 e. The summed E-state index contributed by atoms with van der Waals surface area (Å²) in [5, 5.41) is 3.98. The van der Waals surface area contributed by atoms with E-state index < -0.39 is 0 Å². The van der Waals surface area contributed by atoms with Gasteiger partial charge in [0.2, 0.25) is 0 Å². The van der Waals surface area contributed by atoms with Crippen LogP contribution in [0, 0.1) is 0 Å². The van der Waals surface area contributed by atoms with Crippen LogP contribution < -0.4 is 5.73 Å². The first-order valence-corrected chi connectivity index (χ1v) is 4.94. The molecule has 6 heteroatoms. The SMILES string of the molecule is CCn1ncnc1CC(=O)COCCN. The van der Waals surface area contributed by atoms with Gasteiger partial charge in [0.05, 0.1) is 13.0 Å². The molecule has 15 heavy (non-hydrogen) atoms. The predicted octanol–water partition coefficient (Wildman–Crippen LogP) is -0.615. The highest BCUT2D eigenvalue weighted by Gasteiger charge is 2.09. The quantitative estimate of drug-likeness (QED) is 0.609. The lowest BCUT2D eigenvalue weighted by Crippen LogP contribution is -2.18. The van der Waals surface area contributed by atoms with Crippen molar-refractivity contribution in [1.82, 2.24) is 14.8 Å². The summed E-state index contributed by atoms with van der Waals surface area (Å²) in [6, 6.07) is 0. The van der Waals surface area contributed by atoms with Crippen molar-refractivity contribution in [3.05, 3.63) is 12.2 Å². The zero-order valence-electron chi connectivity index (χ0n) is 8.85. The predicted molar refractivity (Wildman–Crippen MR) is 54.3 cm³/mol. The molecular weight excluding hydrogens is 196 g/mol. The third-order valence-electron chi connectivity index (χ3n) is 1.88. The number of carbonyl (C=O) groups excluding carboxylic acids is 1. The van der Waals surface area contributed by atoms with Crippen LogP contribution in [0.15, 0.2) is 6.33 Å². The van der Waals surface area contributed by atoms with Gasteiger partial charge in [0.15, 0.2) is 5.78 Å². The molecule has 0 amide bonds. The van der Waals surface area contributed by atoms with Crippen LogP contribution in [-0.4, -0.2) is 40.3 Å². The maximum atomic E-state index is 11.4. The van der Waals surface area contributed by atoms with E-state index in [1.807, 2.05) is 6.92 Å². The fourth-order valence-electron chi connectivity index (χ4n) is 1.19. The number of ether oxygens (including phenoxy) is 1. The summed E-state index contributed by atoms with van der Waals surface area (Å²) in [6.45, 7) is 3.60. The lowest BCUT2D eigenvalue weighted by Gasteiger charge is -2.03. The number of hydrogen-bond acceptors (Lipinski definition) is 5. The number of Topliss-reactive ketones (excluding diaryl/α,β-unsaturated/α-hetero) is 1. The van der Waals surface area contributed by atoms with Crippen molar-refractivity contribution in [2.24, 2.45) is 5.73 Å². The molecule has 0 bridgehead atoms. The molecule has 0 aromatic carbocycles. The summed E-state index contributed by atoms with van der Waals surface area (Å²) in [5.41, 5.74) is 5.23. The van der Waals surface area contributed by atoms with Gasteiger partial charge in [-0.15, -0.1) is 0 Å². The average Bonchev–Trinajstić information content (AvgIpc) is 2.65. The topological polar surface area (TPSA) is 83.0 Å². The molecule has 0 spiro atoms. The molecule has 0 atom stereocenters. The number of rotatable bonds is 7. The highest BCUT2D eigenvalue weighted by atomic mass is 16.5. The van der Waals surface area contributed by atoms with Gasteiger partial charge in [-0.05, 0) is 6.92 Å². The Kier molecular flexibility index (Phi) is 4.92. The van der Waals surface area contributed by atoms with Crippen molar-refractivity contribution in [3.8, 4) is 0 Å². The van der Waals surface area contributed by atoms with E-state index in [9.17, 15) is 4.79 Å². The van der Waals surface area contributed by atoms with Crippen LogP contribution in [0.5, 0.6) is 0 Å². The third-order valence-corrected chi connectivity index (χ3v) is 1.88. The Labute approximate surface area is 88.4 Å². The van der Waals surface area contributed by atoms with Gasteiger partial charge in [-0.25, -0.2) is 9.67 Å². The van der Waals surface area contributed by atoms with Crippen molar-refractivity contribution in [2.45, 2.75) is 19.9 Å². The zero-order valence-corrected chi connectivity index (χ0v) is 8.85. The van der Waals surface area contributed by atoms with Crippen molar-refractivity contribution in [3.63, 3.8) is 0 Å². The lowest BCUT2D eigenvalue weighted by atomic mass is 10.3. The number of ketones is 1. The van der Waals surface area contributed by atoms with Crippen LogP contribution >= 0.6 is 0 Å². The molecule has 1 aromatic heterocycles. The first-order chi connectivity index (χ1) is 7.27. The number of aromatic nitrogens is 3. The van der Waals surface area contributed by atoms with Gasteiger partial charge in [-0.1, -0.05) is 0 Å². The zero-order chi connectivity index (χ0) is 11.1. The van der Waals surface area contributed by atoms with Crippen LogP contribution in [-0.2, 0) is 22.5 Å². The Hall–Kier alpha value is -1.27. The molecule has 6 nitrogen and oxygen atoms in total. The maximum Gasteiger partial charge on any atom is 0.166 e. The minimum absolute atomic E-state index is 0.00819. The van der Waals surface area contributed by atoms with Gasteiger partial charge in [-0.2, -0.15) is 5.10 Å².